The van der Waals surface area contributed by atoms with Crippen molar-refractivity contribution in [2.45, 2.75) is 39.5 Å². The summed E-state index contributed by atoms with van der Waals surface area (Å²) in [6.07, 6.45) is 14.5. The van der Waals surface area contributed by atoms with E-state index in [4.69, 9.17) is 4.99 Å². The summed E-state index contributed by atoms with van der Waals surface area (Å²) >= 11 is 0. The van der Waals surface area contributed by atoms with Gasteiger partial charge in [0.25, 0.3) is 0 Å². The van der Waals surface area contributed by atoms with Gasteiger partial charge >= 0.3 is 0 Å². The summed E-state index contributed by atoms with van der Waals surface area (Å²) in [5.74, 6) is 0.340. The normalized spacial score (nSPS) is 17.1. The number of aliphatic imine (C=N–C) groups is 1. The standard InChI is InChI=1S/C26H32N4/c1-7-20(4)30(6)26-14-13-21(15-19(26)3)24-12-10-9-11-22(24)16-27-25(8-2)23-17-28-29(5)18-23/h8-12,14-18,21H,4,7,13H2,1-3,5-6H3/b25-8-,27-16?. The third kappa shape index (κ3) is 4.70. The first-order chi connectivity index (χ1) is 14.4. The van der Waals surface area contributed by atoms with E-state index in [1.165, 1.54) is 16.8 Å². The molecule has 1 atom stereocenters. The van der Waals surface area contributed by atoms with E-state index >= 15 is 0 Å². The number of rotatable bonds is 7. The minimum absolute atomic E-state index is 0.340. The van der Waals surface area contributed by atoms with Gasteiger partial charge in [0.2, 0.25) is 0 Å². The van der Waals surface area contributed by atoms with Gasteiger partial charge in [0.15, 0.2) is 0 Å². The third-order valence-electron chi connectivity index (χ3n) is 5.68. The van der Waals surface area contributed by atoms with Crippen molar-refractivity contribution in [2.24, 2.45) is 12.0 Å². The molecule has 2 aromatic rings. The molecule has 4 heteroatoms. The Hall–Kier alpha value is -3.14. The van der Waals surface area contributed by atoms with Crippen LogP contribution in [0.5, 0.6) is 0 Å². The van der Waals surface area contributed by atoms with Crippen molar-refractivity contribution in [1.82, 2.24) is 14.7 Å². The van der Waals surface area contributed by atoms with E-state index in [1.807, 2.05) is 38.7 Å². The Morgan fingerprint density at radius 3 is 2.77 bits per heavy atom. The van der Waals surface area contributed by atoms with Gasteiger partial charge in [0.1, 0.15) is 0 Å². The molecule has 1 unspecified atom stereocenters. The lowest BCUT2D eigenvalue weighted by atomic mass is 9.86. The van der Waals surface area contributed by atoms with Crippen molar-refractivity contribution in [3.05, 3.63) is 95.1 Å². The molecule has 0 aliphatic heterocycles. The van der Waals surface area contributed by atoms with E-state index in [0.717, 1.165) is 35.4 Å². The monoisotopic (exact) mass is 400 g/mol. The summed E-state index contributed by atoms with van der Waals surface area (Å²) in [5, 5.41) is 4.26. The van der Waals surface area contributed by atoms with Crippen LogP contribution >= 0.6 is 0 Å². The van der Waals surface area contributed by atoms with Crippen LogP contribution in [0.1, 0.15) is 56.2 Å². The van der Waals surface area contributed by atoms with Crippen molar-refractivity contribution < 1.29 is 0 Å². The zero-order valence-corrected chi connectivity index (χ0v) is 18.8. The first kappa shape index (κ1) is 21.6. The Kier molecular flexibility index (Phi) is 6.88. The fraction of sp³-hybridized carbons (Fsp3) is 0.308. The Labute approximate surface area is 180 Å². The average Bonchev–Trinajstić information content (AvgIpc) is 3.19. The molecule has 30 heavy (non-hydrogen) atoms. The topological polar surface area (TPSA) is 33.4 Å². The third-order valence-corrected chi connectivity index (χ3v) is 5.68. The summed E-state index contributed by atoms with van der Waals surface area (Å²) in [5.41, 5.74) is 8.09. The Balaban J connectivity index is 1.84. The fourth-order valence-electron chi connectivity index (χ4n) is 3.85. The van der Waals surface area contributed by atoms with E-state index in [2.05, 4.69) is 73.9 Å². The number of benzene rings is 1. The second-order valence-corrected chi connectivity index (χ2v) is 7.72. The molecule has 0 spiro atoms. The molecule has 4 nitrogen and oxygen atoms in total. The summed E-state index contributed by atoms with van der Waals surface area (Å²) in [4.78, 5) is 6.98. The van der Waals surface area contributed by atoms with Gasteiger partial charge in [-0.1, -0.05) is 56.0 Å². The van der Waals surface area contributed by atoms with Gasteiger partial charge in [0.05, 0.1) is 11.9 Å². The smallest absolute Gasteiger partial charge is 0.0691 e. The second-order valence-electron chi connectivity index (χ2n) is 7.72. The summed E-state index contributed by atoms with van der Waals surface area (Å²) < 4.78 is 1.80. The number of aryl methyl sites for hydroxylation is 1. The molecule has 0 fully saturated rings. The number of hydrogen-bond acceptors (Lipinski definition) is 3. The molecular formula is C26H32N4. The van der Waals surface area contributed by atoms with E-state index in [-0.39, 0.29) is 0 Å². The van der Waals surface area contributed by atoms with E-state index in [1.54, 1.807) is 4.68 Å². The maximum atomic E-state index is 4.77. The summed E-state index contributed by atoms with van der Waals surface area (Å²) in [7, 11) is 4.02. The van der Waals surface area contributed by atoms with Crippen LogP contribution in [0, 0.1) is 0 Å². The molecule has 156 valence electrons. The molecule has 0 bridgehead atoms. The van der Waals surface area contributed by atoms with Crippen molar-refractivity contribution in [3.63, 3.8) is 0 Å². The minimum Gasteiger partial charge on any atom is -0.349 e. The van der Waals surface area contributed by atoms with Crippen molar-refractivity contribution >= 4 is 11.9 Å². The van der Waals surface area contributed by atoms with Gasteiger partial charge < -0.3 is 4.90 Å². The molecule has 0 saturated heterocycles. The zero-order chi connectivity index (χ0) is 21.7. The van der Waals surface area contributed by atoms with Crippen LogP contribution in [-0.2, 0) is 7.05 Å². The first-order valence-electron chi connectivity index (χ1n) is 10.5. The predicted molar refractivity (Wildman–Crippen MR) is 127 cm³/mol. The lowest BCUT2D eigenvalue weighted by Gasteiger charge is -2.29. The molecule has 0 radical (unpaired) electrons. The molecule has 1 heterocycles. The lowest BCUT2D eigenvalue weighted by molar-refractivity contribution is 0.503. The molecular weight excluding hydrogens is 368 g/mol. The fourth-order valence-corrected chi connectivity index (χ4v) is 3.85. The summed E-state index contributed by atoms with van der Waals surface area (Å²) in [6, 6.07) is 8.54. The van der Waals surface area contributed by atoms with Gasteiger partial charge in [-0.15, -0.1) is 0 Å². The second kappa shape index (κ2) is 9.57. The number of aromatic nitrogens is 2. The highest BCUT2D eigenvalue weighted by Crippen LogP contribution is 2.34. The number of hydrogen-bond donors (Lipinski definition) is 0. The maximum Gasteiger partial charge on any atom is 0.0691 e. The maximum absolute atomic E-state index is 4.77. The van der Waals surface area contributed by atoms with Crippen LogP contribution in [0.15, 0.2) is 83.4 Å². The molecule has 3 rings (SSSR count). The van der Waals surface area contributed by atoms with Crippen LogP contribution in [0.25, 0.3) is 5.70 Å². The van der Waals surface area contributed by atoms with Crippen molar-refractivity contribution in [2.75, 3.05) is 7.05 Å². The van der Waals surface area contributed by atoms with E-state index in [9.17, 15) is 0 Å². The van der Waals surface area contributed by atoms with E-state index in [0.29, 0.717) is 5.92 Å². The molecule has 1 aromatic carbocycles. The molecule has 0 amide bonds. The number of allylic oxidation sites excluding steroid dienone is 5. The van der Waals surface area contributed by atoms with Crippen LogP contribution < -0.4 is 0 Å². The minimum atomic E-state index is 0.340. The van der Waals surface area contributed by atoms with Crippen LogP contribution in [-0.4, -0.2) is 27.9 Å². The highest BCUT2D eigenvalue weighted by Gasteiger charge is 2.19. The zero-order valence-electron chi connectivity index (χ0n) is 18.8. The SMILES string of the molecule is C=C(CC)N(C)C1=CCC(c2ccccc2C=N/C(=C\C)c2cnn(C)c2)C=C1C. The predicted octanol–water partition coefficient (Wildman–Crippen LogP) is 6.07. The number of nitrogens with zero attached hydrogens (tertiary/aromatic N) is 4. The molecule has 0 saturated carbocycles. The highest BCUT2D eigenvalue weighted by atomic mass is 15.2. The lowest BCUT2D eigenvalue weighted by Crippen LogP contribution is -2.19. The van der Waals surface area contributed by atoms with Crippen LogP contribution in [0.4, 0.5) is 0 Å². The van der Waals surface area contributed by atoms with Gasteiger partial charge in [-0.3, -0.25) is 9.67 Å². The number of likely N-dealkylation sites (N-methyl/N-ethyl adjacent to an activating group) is 1. The molecule has 0 N–H and O–H groups in total. The van der Waals surface area contributed by atoms with Gasteiger partial charge in [-0.05, 0) is 43.4 Å². The van der Waals surface area contributed by atoms with Crippen molar-refractivity contribution in [3.8, 4) is 0 Å². The molecule has 1 aliphatic carbocycles. The Bertz CT molecular complexity index is 1030. The van der Waals surface area contributed by atoms with E-state index < -0.39 is 0 Å². The average molecular weight is 401 g/mol. The Morgan fingerprint density at radius 2 is 2.13 bits per heavy atom. The first-order valence-corrected chi connectivity index (χ1v) is 10.5. The largest absolute Gasteiger partial charge is 0.349 e. The van der Waals surface area contributed by atoms with Gasteiger partial charge in [-0.2, -0.15) is 5.10 Å². The van der Waals surface area contributed by atoms with Crippen molar-refractivity contribution in [1.29, 1.82) is 0 Å². The Morgan fingerprint density at radius 1 is 1.37 bits per heavy atom. The highest BCUT2D eigenvalue weighted by molar-refractivity contribution is 5.87. The molecule has 1 aromatic heterocycles. The quantitative estimate of drug-likeness (QED) is 0.528. The van der Waals surface area contributed by atoms with Crippen LogP contribution in [0.3, 0.4) is 0 Å². The summed E-state index contributed by atoms with van der Waals surface area (Å²) in [6.45, 7) is 10.5. The van der Waals surface area contributed by atoms with Gasteiger partial charge in [0, 0.05) is 49.4 Å². The molecule has 1 aliphatic rings. The van der Waals surface area contributed by atoms with Gasteiger partial charge in [-0.25, -0.2) is 0 Å². The van der Waals surface area contributed by atoms with Crippen LogP contribution in [0.2, 0.25) is 0 Å².